The second-order valence-corrected chi connectivity index (χ2v) is 7.84. The largest absolute Gasteiger partial charge is 0.355 e. The molecule has 1 aliphatic heterocycles. The average molecular weight is 403 g/mol. The molecular formula is C16H23ClN4O2S2. The molecule has 0 spiro atoms. The highest BCUT2D eigenvalue weighted by molar-refractivity contribution is 7.99. The predicted octanol–water partition coefficient (Wildman–Crippen LogP) is 1.92. The Bertz CT molecular complexity index is 743. The van der Waals surface area contributed by atoms with Gasteiger partial charge in [-0.25, -0.2) is 4.98 Å². The SMILES string of the molecule is Cl.O=C(CSCc1cc(=O)n2ccsc2n1)NCCC1CCCNC1. The van der Waals surface area contributed by atoms with Crippen molar-refractivity contribution in [2.75, 3.05) is 25.4 Å². The number of fused-ring (bicyclic) bond motifs is 1. The molecule has 6 nitrogen and oxygen atoms in total. The molecule has 138 valence electrons. The van der Waals surface area contributed by atoms with Crippen molar-refractivity contribution in [2.24, 2.45) is 5.92 Å². The Morgan fingerprint density at radius 3 is 3.20 bits per heavy atom. The number of aromatic nitrogens is 2. The minimum Gasteiger partial charge on any atom is -0.355 e. The number of halogens is 1. The van der Waals surface area contributed by atoms with Crippen molar-refractivity contribution in [3.63, 3.8) is 0 Å². The highest BCUT2D eigenvalue weighted by atomic mass is 35.5. The van der Waals surface area contributed by atoms with Crippen molar-refractivity contribution in [3.8, 4) is 0 Å². The number of carbonyl (C=O) groups is 1. The van der Waals surface area contributed by atoms with E-state index >= 15 is 0 Å². The van der Waals surface area contributed by atoms with E-state index in [0.29, 0.717) is 22.4 Å². The Labute approximate surface area is 161 Å². The number of rotatable bonds is 7. The summed E-state index contributed by atoms with van der Waals surface area (Å²) in [6.07, 6.45) is 5.25. The molecule has 0 radical (unpaired) electrons. The standard InChI is InChI=1S/C16H22N4O2S2.ClH/c21-14(18-5-3-12-2-1-4-17-9-12)11-23-10-13-8-15(22)20-6-7-24-16(20)19-13;/h6-8,12,17H,1-5,9-11H2,(H,18,21);1H. The second-order valence-electron chi connectivity index (χ2n) is 5.99. The van der Waals surface area contributed by atoms with Gasteiger partial charge in [-0.3, -0.25) is 14.0 Å². The Balaban J connectivity index is 0.00000225. The Morgan fingerprint density at radius 2 is 2.40 bits per heavy atom. The minimum atomic E-state index is -0.0672. The van der Waals surface area contributed by atoms with Gasteiger partial charge in [0.15, 0.2) is 4.96 Å². The van der Waals surface area contributed by atoms with E-state index in [9.17, 15) is 9.59 Å². The Hall–Kier alpha value is -1.09. The number of thioether (sulfide) groups is 1. The van der Waals surface area contributed by atoms with Crippen molar-refractivity contribution < 1.29 is 4.79 Å². The number of nitrogens with one attached hydrogen (secondary N) is 2. The summed E-state index contributed by atoms with van der Waals surface area (Å²) in [4.78, 5) is 28.9. The molecule has 1 atom stereocenters. The van der Waals surface area contributed by atoms with Gasteiger partial charge in [-0.2, -0.15) is 0 Å². The van der Waals surface area contributed by atoms with Gasteiger partial charge in [-0.1, -0.05) is 0 Å². The number of nitrogens with zero attached hydrogens (tertiary/aromatic N) is 2. The lowest BCUT2D eigenvalue weighted by Gasteiger charge is -2.22. The summed E-state index contributed by atoms with van der Waals surface area (Å²) in [6, 6.07) is 1.54. The summed E-state index contributed by atoms with van der Waals surface area (Å²) in [5, 5.41) is 8.22. The highest BCUT2D eigenvalue weighted by Crippen LogP contribution is 2.14. The van der Waals surface area contributed by atoms with E-state index in [0.717, 1.165) is 31.7 Å². The van der Waals surface area contributed by atoms with E-state index in [4.69, 9.17) is 0 Å². The first-order valence-corrected chi connectivity index (χ1v) is 10.3. The van der Waals surface area contributed by atoms with Crippen LogP contribution in [0.2, 0.25) is 0 Å². The normalized spacial score (nSPS) is 17.2. The van der Waals surface area contributed by atoms with Crippen LogP contribution in [0.5, 0.6) is 0 Å². The Morgan fingerprint density at radius 1 is 1.52 bits per heavy atom. The zero-order valence-corrected chi connectivity index (χ0v) is 16.4. The van der Waals surface area contributed by atoms with E-state index in [-0.39, 0.29) is 23.9 Å². The topological polar surface area (TPSA) is 75.5 Å². The minimum absolute atomic E-state index is 0. The van der Waals surface area contributed by atoms with Crippen LogP contribution in [0, 0.1) is 5.92 Å². The molecule has 25 heavy (non-hydrogen) atoms. The average Bonchev–Trinajstić information content (AvgIpc) is 3.05. The molecule has 1 saturated heterocycles. The molecule has 3 rings (SSSR count). The summed E-state index contributed by atoms with van der Waals surface area (Å²) in [7, 11) is 0. The third-order valence-electron chi connectivity index (χ3n) is 4.11. The van der Waals surface area contributed by atoms with Crippen LogP contribution in [0.4, 0.5) is 0 Å². The lowest BCUT2D eigenvalue weighted by Crippen LogP contribution is -2.33. The van der Waals surface area contributed by atoms with Crippen LogP contribution < -0.4 is 16.2 Å². The predicted molar refractivity (Wildman–Crippen MR) is 106 cm³/mol. The zero-order chi connectivity index (χ0) is 16.8. The van der Waals surface area contributed by atoms with Crippen LogP contribution in [-0.4, -0.2) is 40.7 Å². The molecule has 0 aromatic carbocycles. The molecule has 1 aliphatic rings. The van der Waals surface area contributed by atoms with Crippen LogP contribution in [0.15, 0.2) is 22.4 Å². The molecule has 0 aliphatic carbocycles. The molecule has 2 aromatic heterocycles. The summed E-state index contributed by atoms with van der Waals surface area (Å²) in [6.45, 7) is 2.93. The van der Waals surface area contributed by atoms with Gasteiger partial charge in [0.2, 0.25) is 5.91 Å². The van der Waals surface area contributed by atoms with Gasteiger partial charge in [-0.05, 0) is 38.3 Å². The monoisotopic (exact) mass is 402 g/mol. The molecule has 9 heteroatoms. The van der Waals surface area contributed by atoms with E-state index in [1.807, 2.05) is 5.38 Å². The quantitative estimate of drug-likeness (QED) is 0.740. The third kappa shape index (κ3) is 5.99. The summed E-state index contributed by atoms with van der Waals surface area (Å²) >= 11 is 2.93. The van der Waals surface area contributed by atoms with Crippen LogP contribution in [0.25, 0.3) is 4.96 Å². The molecule has 1 unspecified atom stereocenters. The lowest BCUT2D eigenvalue weighted by atomic mass is 9.96. The van der Waals surface area contributed by atoms with Crippen molar-refractivity contribution in [1.29, 1.82) is 0 Å². The van der Waals surface area contributed by atoms with Gasteiger partial charge in [0.05, 0.1) is 11.4 Å². The van der Waals surface area contributed by atoms with Crippen LogP contribution in [0.1, 0.15) is 25.0 Å². The van der Waals surface area contributed by atoms with Crippen LogP contribution >= 0.6 is 35.5 Å². The molecule has 3 heterocycles. The van der Waals surface area contributed by atoms with E-state index in [1.165, 1.54) is 40.3 Å². The maximum Gasteiger partial charge on any atom is 0.258 e. The number of hydrogen-bond donors (Lipinski definition) is 2. The molecule has 0 saturated carbocycles. The molecular weight excluding hydrogens is 380 g/mol. The van der Waals surface area contributed by atoms with Crippen molar-refractivity contribution >= 4 is 46.4 Å². The van der Waals surface area contributed by atoms with E-state index in [1.54, 1.807) is 12.3 Å². The van der Waals surface area contributed by atoms with Crippen LogP contribution in [0.3, 0.4) is 0 Å². The zero-order valence-electron chi connectivity index (χ0n) is 13.9. The van der Waals surface area contributed by atoms with E-state index in [2.05, 4.69) is 15.6 Å². The van der Waals surface area contributed by atoms with Gasteiger partial charge in [0.1, 0.15) is 0 Å². The first-order valence-electron chi connectivity index (χ1n) is 8.23. The van der Waals surface area contributed by atoms with Gasteiger partial charge >= 0.3 is 0 Å². The summed E-state index contributed by atoms with van der Waals surface area (Å²) in [5.74, 6) is 1.71. The van der Waals surface area contributed by atoms with Gasteiger partial charge in [0, 0.05) is 29.9 Å². The number of amides is 1. The number of carbonyl (C=O) groups excluding carboxylic acids is 1. The molecule has 2 N–H and O–H groups in total. The van der Waals surface area contributed by atoms with Crippen molar-refractivity contribution in [3.05, 3.63) is 33.7 Å². The fourth-order valence-corrected chi connectivity index (χ4v) is 4.33. The van der Waals surface area contributed by atoms with Crippen molar-refractivity contribution in [2.45, 2.75) is 25.0 Å². The molecule has 0 bridgehead atoms. The number of piperidine rings is 1. The fraction of sp³-hybridized carbons (Fsp3) is 0.562. The molecule has 1 fully saturated rings. The first kappa shape index (κ1) is 20.2. The van der Waals surface area contributed by atoms with Crippen LogP contribution in [-0.2, 0) is 10.5 Å². The maximum absolute atomic E-state index is 11.9. The lowest BCUT2D eigenvalue weighted by molar-refractivity contribution is -0.118. The number of hydrogen-bond acceptors (Lipinski definition) is 6. The summed E-state index contributed by atoms with van der Waals surface area (Å²) < 4.78 is 1.53. The highest BCUT2D eigenvalue weighted by Gasteiger charge is 2.13. The molecule has 1 amide bonds. The first-order chi connectivity index (χ1) is 11.7. The second kappa shape index (κ2) is 10.2. The Kier molecular flexibility index (Phi) is 8.21. The summed E-state index contributed by atoms with van der Waals surface area (Å²) in [5.41, 5.74) is 0.663. The number of thiazole rings is 1. The third-order valence-corrected chi connectivity index (χ3v) is 5.84. The molecule has 2 aromatic rings. The van der Waals surface area contributed by atoms with Gasteiger partial charge in [-0.15, -0.1) is 35.5 Å². The van der Waals surface area contributed by atoms with Crippen molar-refractivity contribution in [1.82, 2.24) is 20.0 Å². The van der Waals surface area contributed by atoms with Gasteiger partial charge < -0.3 is 10.6 Å². The van der Waals surface area contributed by atoms with Gasteiger partial charge in [0.25, 0.3) is 5.56 Å². The maximum atomic E-state index is 11.9. The smallest absolute Gasteiger partial charge is 0.258 e. The fourth-order valence-electron chi connectivity index (χ4n) is 2.85. The van der Waals surface area contributed by atoms with E-state index < -0.39 is 0 Å².